The van der Waals surface area contributed by atoms with Crippen LogP contribution in [0.15, 0.2) is 16.5 Å². The molecular weight excluding hydrogens is 240 g/mol. The number of benzene rings is 1. The van der Waals surface area contributed by atoms with Crippen molar-refractivity contribution in [2.45, 2.75) is 40.0 Å². The molecule has 0 aliphatic heterocycles. The van der Waals surface area contributed by atoms with E-state index >= 15 is 0 Å². The van der Waals surface area contributed by atoms with Gasteiger partial charge in [0.05, 0.1) is 0 Å². The predicted molar refractivity (Wildman–Crippen MR) is 75.1 cm³/mol. The van der Waals surface area contributed by atoms with Crippen molar-refractivity contribution in [2.24, 2.45) is 0 Å². The molecule has 19 heavy (non-hydrogen) atoms. The van der Waals surface area contributed by atoms with E-state index in [1.54, 1.807) is 0 Å². The first-order valence-corrected chi connectivity index (χ1v) is 6.74. The molecule has 0 atom stereocenters. The second-order valence-electron chi connectivity index (χ2n) is 4.76. The molecule has 4 nitrogen and oxygen atoms in total. The Morgan fingerprint density at radius 3 is 2.89 bits per heavy atom. The minimum Gasteiger partial charge on any atom is -0.440 e. The first-order valence-electron chi connectivity index (χ1n) is 6.74. The summed E-state index contributed by atoms with van der Waals surface area (Å²) in [7, 11) is 0. The number of oxazole rings is 1. The quantitative estimate of drug-likeness (QED) is 0.841. The van der Waals surface area contributed by atoms with Gasteiger partial charge in [-0.15, -0.1) is 0 Å². The summed E-state index contributed by atoms with van der Waals surface area (Å²) in [5.74, 6) is 0.798. The van der Waals surface area contributed by atoms with Gasteiger partial charge in [-0.1, -0.05) is 13.0 Å². The van der Waals surface area contributed by atoms with Crippen molar-refractivity contribution in [1.82, 2.24) is 10.3 Å². The third-order valence-corrected chi connectivity index (χ3v) is 3.22. The summed E-state index contributed by atoms with van der Waals surface area (Å²) in [6.45, 7) is 6.35. The van der Waals surface area contributed by atoms with Gasteiger partial charge in [-0.3, -0.25) is 4.79 Å². The van der Waals surface area contributed by atoms with Crippen molar-refractivity contribution >= 4 is 17.0 Å². The second kappa shape index (κ2) is 5.87. The predicted octanol–water partition coefficient (Wildman–Crippen LogP) is 2.77. The van der Waals surface area contributed by atoms with Crippen molar-refractivity contribution in [3.63, 3.8) is 0 Å². The Kier molecular flexibility index (Phi) is 4.20. The molecule has 1 N–H and O–H groups in total. The zero-order chi connectivity index (χ0) is 13.8. The van der Waals surface area contributed by atoms with Gasteiger partial charge < -0.3 is 9.73 Å². The molecule has 0 radical (unpaired) electrons. The Balaban J connectivity index is 2.18. The van der Waals surface area contributed by atoms with E-state index in [0.717, 1.165) is 36.3 Å². The summed E-state index contributed by atoms with van der Waals surface area (Å²) in [5, 5.41) is 2.81. The minimum absolute atomic E-state index is 0.0165. The first kappa shape index (κ1) is 13.6. The second-order valence-corrected chi connectivity index (χ2v) is 4.76. The number of carbonyl (C=O) groups excluding carboxylic acids is 1. The Morgan fingerprint density at radius 1 is 1.42 bits per heavy atom. The number of carbonyl (C=O) groups is 1. The van der Waals surface area contributed by atoms with Gasteiger partial charge in [0.1, 0.15) is 5.52 Å². The molecule has 0 unspecified atom stereocenters. The van der Waals surface area contributed by atoms with Gasteiger partial charge in [0, 0.05) is 25.5 Å². The zero-order valence-electron chi connectivity index (χ0n) is 11.7. The highest BCUT2D eigenvalue weighted by Crippen LogP contribution is 2.24. The number of nitrogens with one attached hydrogen (secondary N) is 1. The molecule has 2 rings (SSSR count). The summed E-state index contributed by atoms with van der Waals surface area (Å²) in [6, 6.07) is 4.09. The third-order valence-electron chi connectivity index (χ3n) is 3.22. The smallest absolute Gasteiger partial charge is 0.216 e. The normalized spacial score (nSPS) is 10.9. The van der Waals surface area contributed by atoms with Gasteiger partial charge in [-0.2, -0.15) is 0 Å². The van der Waals surface area contributed by atoms with E-state index in [0.29, 0.717) is 6.54 Å². The molecule has 0 fully saturated rings. The summed E-state index contributed by atoms with van der Waals surface area (Å²) in [5.41, 5.74) is 4.25. The lowest BCUT2D eigenvalue weighted by Crippen LogP contribution is -2.21. The van der Waals surface area contributed by atoms with Gasteiger partial charge in [-0.25, -0.2) is 4.98 Å². The number of nitrogens with zero attached hydrogens (tertiary/aromatic N) is 1. The van der Waals surface area contributed by atoms with Crippen LogP contribution in [0, 0.1) is 6.92 Å². The number of amides is 1. The van der Waals surface area contributed by atoms with Crippen molar-refractivity contribution in [3.8, 4) is 0 Å². The molecule has 2 aromatic rings. The molecule has 1 amide bonds. The third kappa shape index (κ3) is 3.13. The summed E-state index contributed by atoms with van der Waals surface area (Å²) in [4.78, 5) is 15.3. The van der Waals surface area contributed by atoms with Crippen LogP contribution >= 0.6 is 0 Å². The van der Waals surface area contributed by atoms with Crippen molar-refractivity contribution < 1.29 is 9.21 Å². The Hall–Kier alpha value is -1.84. The van der Waals surface area contributed by atoms with Crippen molar-refractivity contribution in [3.05, 3.63) is 29.2 Å². The molecule has 1 aromatic carbocycles. The fourth-order valence-corrected chi connectivity index (χ4v) is 2.18. The Labute approximate surface area is 113 Å². The number of hydrogen-bond donors (Lipinski definition) is 1. The fourth-order valence-electron chi connectivity index (χ4n) is 2.18. The molecule has 0 saturated carbocycles. The van der Waals surface area contributed by atoms with Crippen LogP contribution in [-0.2, 0) is 17.6 Å². The van der Waals surface area contributed by atoms with Gasteiger partial charge in [0.2, 0.25) is 5.91 Å². The van der Waals surface area contributed by atoms with E-state index in [4.69, 9.17) is 4.42 Å². The van der Waals surface area contributed by atoms with Gasteiger partial charge >= 0.3 is 0 Å². The fraction of sp³-hybridized carbons (Fsp3) is 0.467. The lowest BCUT2D eigenvalue weighted by molar-refractivity contribution is -0.118. The molecule has 4 heteroatoms. The molecular formula is C15H20N2O2. The molecule has 0 spiro atoms. The van der Waals surface area contributed by atoms with Crippen molar-refractivity contribution in [2.75, 3.05) is 6.54 Å². The molecule has 0 aliphatic carbocycles. The molecule has 1 aromatic heterocycles. The molecule has 0 saturated heterocycles. The minimum atomic E-state index is 0.0165. The molecule has 1 heterocycles. The zero-order valence-corrected chi connectivity index (χ0v) is 11.7. The summed E-state index contributed by atoms with van der Waals surface area (Å²) >= 11 is 0. The van der Waals surface area contributed by atoms with E-state index in [1.807, 2.05) is 13.0 Å². The summed E-state index contributed by atoms with van der Waals surface area (Å²) < 4.78 is 5.81. The van der Waals surface area contributed by atoms with Crippen LogP contribution in [0.5, 0.6) is 0 Å². The molecule has 102 valence electrons. The van der Waals surface area contributed by atoms with Gasteiger partial charge in [-0.05, 0) is 31.4 Å². The Bertz CT molecular complexity index is 587. The van der Waals surface area contributed by atoms with Crippen molar-refractivity contribution in [1.29, 1.82) is 0 Å². The van der Waals surface area contributed by atoms with Crippen LogP contribution in [0.1, 0.15) is 37.3 Å². The lowest BCUT2D eigenvalue weighted by Gasteiger charge is -2.06. The Morgan fingerprint density at radius 2 is 2.21 bits per heavy atom. The van der Waals surface area contributed by atoms with Crippen LogP contribution in [0.3, 0.4) is 0 Å². The maximum Gasteiger partial charge on any atom is 0.216 e. The largest absolute Gasteiger partial charge is 0.440 e. The van der Waals surface area contributed by atoms with Crippen LogP contribution in [0.25, 0.3) is 11.1 Å². The van der Waals surface area contributed by atoms with Gasteiger partial charge in [0.25, 0.3) is 0 Å². The number of hydrogen-bond acceptors (Lipinski definition) is 3. The lowest BCUT2D eigenvalue weighted by atomic mass is 10.0. The van der Waals surface area contributed by atoms with E-state index in [9.17, 15) is 4.79 Å². The average molecular weight is 260 g/mol. The maximum atomic E-state index is 10.8. The van der Waals surface area contributed by atoms with Gasteiger partial charge in [0.15, 0.2) is 11.5 Å². The maximum absolute atomic E-state index is 10.8. The van der Waals surface area contributed by atoms with E-state index < -0.39 is 0 Å². The highest BCUT2D eigenvalue weighted by atomic mass is 16.3. The SMILES string of the molecule is CCc1nc2ccc(C)c(CCCNC(C)=O)c2o1. The standard InChI is InChI=1S/C15H20N2O2/c1-4-14-17-13-8-7-10(2)12(15(13)19-14)6-5-9-16-11(3)18/h7-8H,4-6,9H2,1-3H3,(H,16,18). The molecule has 0 aliphatic rings. The highest BCUT2D eigenvalue weighted by Gasteiger charge is 2.11. The van der Waals surface area contributed by atoms with Crippen LogP contribution in [0.2, 0.25) is 0 Å². The van der Waals surface area contributed by atoms with Crippen LogP contribution in [0.4, 0.5) is 0 Å². The topological polar surface area (TPSA) is 55.1 Å². The molecule has 0 bridgehead atoms. The number of rotatable bonds is 5. The van der Waals surface area contributed by atoms with E-state index in [1.165, 1.54) is 18.1 Å². The first-order chi connectivity index (χ1) is 9.11. The summed E-state index contributed by atoms with van der Waals surface area (Å²) in [6.07, 6.45) is 2.60. The van der Waals surface area contributed by atoms with E-state index in [2.05, 4.69) is 23.3 Å². The number of aryl methyl sites for hydroxylation is 3. The average Bonchev–Trinajstić information content (AvgIpc) is 2.79. The monoisotopic (exact) mass is 260 g/mol. The number of aromatic nitrogens is 1. The highest BCUT2D eigenvalue weighted by molar-refractivity contribution is 5.78. The van der Waals surface area contributed by atoms with Crippen LogP contribution in [-0.4, -0.2) is 17.4 Å². The van der Waals surface area contributed by atoms with Crippen LogP contribution < -0.4 is 5.32 Å². The number of fused-ring (bicyclic) bond motifs is 1. The van der Waals surface area contributed by atoms with E-state index in [-0.39, 0.29) is 5.91 Å².